The summed E-state index contributed by atoms with van der Waals surface area (Å²) in [6.07, 6.45) is 2.35. The Morgan fingerprint density at radius 3 is 1.90 bits per heavy atom. The molecule has 0 saturated carbocycles. The molecule has 62 valence electrons. The van der Waals surface area contributed by atoms with E-state index >= 15 is 0 Å². The standard InChI is InChI=1S/C6H14N2.C2H6/c1-8-4-2-6(7)3-5-8;1-2/h6H,2-5,7H2,1H3;1-2H3. The second-order valence-corrected chi connectivity index (χ2v) is 2.64. The Labute approximate surface area is 64.4 Å². The van der Waals surface area contributed by atoms with Gasteiger partial charge in [0.1, 0.15) is 0 Å². The number of piperidine rings is 1. The van der Waals surface area contributed by atoms with Crippen molar-refractivity contribution in [2.24, 2.45) is 5.73 Å². The lowest BCUT2D eigenvalue weighted by Gasteiger charge is -2.25. The highest BCUT2D eigenvalue weighted by Crippen LogP contribution is 2.04. The highest BCUT2D eigenvalue weighted by Gasteiger charge is 2.10. The molecule has 1 rings (SSSR count). The van der Waals surface area contributed by atoms with Gasteiger partial charge in [-0.2, -0.15) is 0 Å². The predicted octanol–water partition coefficient (Wildman–Crippen LogP) is 1.07. The zero-order chi connectivity index (χ0) is 7.98. The van der Waals surface area contributed by atoms with E-state index in [1.807, 2.05) is 13.8 Å². The molecule has 0 bridgehead atoms. The minimum absolute atomic E-state index is 0.478. The largest absolute Gasteiger partial charge is 0.328 e. The zero-order valence-electron chi connectivity index (χ0n) is 7.43. The van der Waals surface area contributed by atoms with Gasteiger partial charge in [0, 0.05) is 6.04 Å². The second-order valence-electron chi connectivity index (χ2n) is 2.64. The lowest BCUT2D eigenvalue weighted by Crippen LogP contribution is -2.37. The van der Waals surface area contributed by atoms with Crippen LogP contribution in [-0.4, -0.2) is 31.1 Å². The van der Waals surface area contributed by atoms with Crippen molar-refractivity contribution in [3.63, 3.8) is 0 Å². The Kier molecular flexibility index (Phi) is 5.64. The van der Waals surface area contributed by atoms with Gasteiger partial charge in [0.25, 0.3) is 0 Å². The molecule has 0 aliphatic carbocycles. The smallest absolute Gasteiger partial charge is 0.00631 e. The Hall–Kier alpha value is -0.0800. The fourth-order valence-corrected chi connectivity index (χ4v) is 1.03. The maximum atomic E-state index is 5.67. The number of hydrogen-bond donors (Lipinski definition) is 1. The average molecular weight is 144 g/mol. The van der Waals surface area contributed by atoms with E-state index in [1.54, 1.807) is 0 Å². The van der Waals surface area contributed by atoms with Crippen molar-refractivity contribution >= 4 is 0 Å². The van der Waals surface area contributed by atoms with Crippen LogP contribution in [0.5, 0.6) is 0 Å². The van der Waals surface area contributed by atoms with Gasteiger partial charge in [-0.3, -0.25) is 0 Å². The molecule has 2 heteroatoms. The Balaban J connectivity index is 0.000000371. The molecular formula is C8H20N2. The molecule has 0 amide bonds. The van der Waals surface area contributed by atoms with Crippen LogP contribution >= 0.6 is 0 Å². The molecule has 0 unspecified atom stereocenters. The molecule has 1 aliphatic heterocycles. The van der Waals surface area contributed by atoms with E-state index in [9.17, 15) is 0 Å². The second kappa shape index (κ2) is 5.69. The molecular weight excluding hydrogens is 124 g/mol. The van der Waals surface area contributed by atoms with Crippen LogP contribution in [0.4, 0.5) is 0 Å². The van der Waals surface area contributed by atoms with Crippen LogP contribution in [-0.2, 0) is 0 Å². The topological polar surface area (TPSA) is 29.3 Å². The molecule has 2 nitrogen and oxygen atoms in total. The minimum atomic E-state index is 0.478. The van der Waals surface area contributed by atoms with Crippen molar-refractivity contribution in [1.82, 2.24) is 4.90 Å². The maximum absolute atomic E-state index is 5.67. The van der Waals surface area contributed by atoms with Crippen molar-refractivity contribution < 1.29 is 0 Å². The molecule has 0 aromatic carbocycles. The fraction of sp³-hybridized carbons (Fsp3) is 1.00. The number of nitrogens with two attached hydrogens (primary N) is 1. The van der Waals surface area contributed by atoms with Gasteiger partial charge >= 0.3 is 0 Å². The predicted molar refractivity (Wildman–Crippen MR) is 46.1 cm³/mol. The summed E-state index contributed by atoms with van der Waals surface area (Å²) in [4.78, 5) is 2.32. The first-order chi connectivity index (χ1) is 4.79. The van der Waals surface area contributed by atoms with Crippen LogP contribution in [0, 0.1) is 0 Å². The molecule has 1 heterocycles. The normalized spacial score (nSPS) is 21.6. The molecule has 0 radical (unpaired) electrons. The van der Waals surface area contributed by atoms with Crippen LogP contribution in [0.25, 0.3) is 0 Å². The van der Waals surface area contributed by atoms with Gasteiger partial charge in [-0.25, -0.2) is 0 Å². The monoisotopic (exact) mass is 144 g/mol. The van der Waals surface area contributed by atoms with Crippen molar-refractivity contribution in [3.8, 4) is 0 Å². The van der Waals surface area contributed by atoms with E-state index in [1.165, 1.54) is 25.9 Å². The summed E-state index contributed by atoms with van der Waals surface area (Å²) in [5.41, 5.74) is 5.67. The van der Waals surface area contributed by atoms with Gasteiger partial charge in [-0.05, 0) is 33.0 Å². The first-order valence-corrected chi connectivity index (χ1v) is 4.23. The van der Waals surface area contributed by atoms with Gasteiger partial charge in [-0.15, -0.1) is 0 Å². The summed E-state index contributed by atoms with van der Waals surface area (Å²) in [5.74, 6) is 0. The Morgan fingerprint density at radius 1 is 1.20 bits per heavy atom. The number of rotatable bonds is 0. The van der Waals surface area contributed by atoms with Gasteiger partial charge in [0.2, 0.25) is 0 Å². The van der Waals surface area contributed by atoms with Crippen LogP contribution in [0.1, 0.15) is 26.7 Å². The third-order valence-electron chi connectivity index (χ3n) is 1.76. The van der Waals surface area contributed by atoms with Gasteiger partial charge in [0.05, 0.1) is 0 Å². The maximum Gasteiger partial charge on any atom is 0.00631 e. The number of likely N-dealkylation sites (tertiary alicyclic amines) is 1. The molecule has 0 spiro atoms. The third kappa shape index (κ3) is 3.85. The van der Waals surface area contributed by atoms with Gasteiger partial charge < -0.3 is 10.6 Å². The van der Waals surface area contributed by atoms with E-state index in [4.69, 9.17) is 5.73 Å². The summed E-state index contributed by atoms with van der Waals surface area (Å²) >= 11 is 0. The molecule has 0 aromatic rings. The van der Waals surface area contributed by atoms with E-state index in [0.717, 1.165) is 0 Å². The van der Waals surface area contributed by atoms with E-state index in [-0.39, 0.29) is 0 Å². The van der Waals surface area contributed by atoms with Gasteiger partial charge in [0.15, 0.2) is 0 Å². The minimum Gasteiger partial charge on any atom is -0.328 e. The SMILES string of the molecule is CC.CN1CCC(N)CC1. The molecule has 0 atom stereocenters. The number of nitrogens with zero attached hydrogens (tertiary/aromatic N) is 1. The molecule has 10 heavy (non-hydrogen) atoms. The molecule has 0 aromatic heterocycles. The highest BCUT2D eigenvalue weighted by atomic mass is 15.1. The summed E-state index contributed by atoms with van der Waals surface area (Å²) < 4.78 is 0. The number of hydrogen-bond acceptors (Lipinski definition) is 2. The summed E-state index contributed by atoms with van der Waals surface area (Å²) in [5, 5.41) is 0. The quantitative estimate of drug-likeness (QED) is 0.551. The first kappa shape index (κ1) is 9.92. The van der Waals surface area contributed by atoms with Crippen molar-refractivity contribution in [3.05, 3.63) is 0 Å². The lowest BCUT2D eigenvalue weighted by molar-refractivity contribution is 0.256. The highest BCUT2D eigenvalue weighted by molar-refractivity contribution is 4.70. The lowest BCUT2D eigenvalue weighted by atomic mass is 10.1. The first-order valence-electron chi connectivity index (χ1n) is 4.23. The molecule has 2 N–H and O–H groups in total. The fourth-order valence-electron chi connectivity index (χ4n) is 1.03. The van der Waals surface area contributed by atoms with Crippen LogP contribution in [0.3, 0.4) is 0 Å². The van der Waals surface area contributed by atoms with Crippen LogP contribution in [0.15, 0.2) is 0 Å². The summed E-state index contributed by atoms with van der Waals surface area (Å²) in [6, 6.07) is 0.478. The Bertz CT molecular complexity index is 55.7. The van der Waals surface area contributed by atoms with Crippen LogP contribution in [0.2, 0.25) is 0 Å². The summed E-state index contributed by atoms with van der Waals surface area (Å²) in [7, 11) is 2.14. The van der Waals surface area contributed by atoms with E-state index in [0.29, 0.717) is 6.04 Å². The molecule has 1 aliphatic rings. The molecule has 1 fully saturated rings. The summed E-state index contributed by atoms with van der Waals surface area (Å²) in [6.45, 7) is 6.36. The van der Waals surface area contributed by atoms with Gasteiger partial charge in [-0.1, -0.05) is 13.8 Å². The third-order valence-corrected chi connectivity index (χ3v) is 1.76. The van der Waals surface area contributed by atoms with Crippen molar-refractivity contribution in [2.45, 2.75) is 32.7 Å². The van der Waals surface area contributed by atoms with Crippen molar-refractivity contribution in [2.75, 3.05) is 20.1 Å². The molecule has 1 saturated heterocycles. The average Bonchev–Trinajstić information content (AvgIpc) is 2.00. The Morgan fingerprint density at radius 2 is 1.60 bits per heavy atom. The van der Waals surface area contributed by atoms with Crippen LogP contribution < -0.4 is 5.73 Å². The zero-order valence-corrected chi connectivity index (χ0v) is 7.43. The van der Waals surface area contributed by atoms with E-state index in [2.05, 4.69) is 11.9 Å². The van der Waals surface area contributed by atoms with E-state index < -0.39 is 0 Å². The van der Waals surface area contributed by atoms with Crippen molar-refractivity contribution in [1.29, 1.82) is 0 Å².